The van der Waals surface area contributed by atoms with Gasteiger partial charge in [0.2, 0.25) is 0 Å². The summed E-state index contributed by atoms with van der Waals surface area (Å²) in [6.07, 6.45) is 5.59. The molecule has 3 rings (SSSR count). The van der Waals surface area contributed by atoms with Crippen LogP contribution in [0.5, 0.6) is 0 Å². The molecule has 0 aliphatic heterocycles. The van der Waals surface area contributed by atoms with E-state index in [2.05, 4.69) is 101 Å². The summed E-state index contributed by atoms with van der Waals surface area (Å²) in [6.45, 7) is 6.50. The molecule has 0 atom stereocenters. The van der Waals surface area contributed by atoms with Crippen molar-refractivity contribution >= 4 is 27.8 Å². The van der Waals surface area contributed by atoms with Crippen molar-refractivity contribution in [1.82, 2.24) is 4.57 Å². The number of nitrogens with zero attached hydrogens (tertiary/aromatic N) is 2. The Morgan fingerprint density at radius 1 is 1.00 bits per heavy atom. The van der Waals surface area contributed by atoms with Gasteiger partial charge in [0.05, 0.1) is 5.69 Å². The van der Waals surface area contributed by atoms with E-state index in [1.807, 2.05) is 6.21 Å². The van der Waals surface area contributed by atoms with Crippen LogP contribution < -0.4 is 0 Å². The molecule has 0 unspecified atom stereocenters. The molecule has 3 heteroatoms. The monoisotopic (exact) mass is 408 g/mol. The summed E-state index contributed by atoms with van der Waals surface area (Å²) in [6, 6.07) is 19.2. The fourth-order valence-corrected chi connectivity index (χ4v) is 3.44. The Hall–Kier alpha value is -2.13. The van der Waals surface area contributed by atoms with Crippen LogP contribution in [0.3, 0.4) is 0 Å². The van der Waals surface area contributed by atoms with Gasteiger partial charge in [-0.25, -0.2) is 0 Å². The zero-order valence-corrected chi connectivity index (χ0v) is 17.3. The third-order valence-corrected chi connectivity index (χ3v) is 5.19. The Morgan fingerprint density at radius 3 is 2.35 bits per heavy atom. The predicted octanol–water partition coefficient (Wildman–Crippen LogP) is 6.95. The lowest BCUT2D eigenvalue weighted by atomic mass is 10.1. The van der Waals surface area contributed by atoms with Gasteiger partial charge in [-0.05, 0) is 74.7 Å². The first kappa shape index (κ1) is 18.7. The average molecular weight is 409 g/mol. The van der Waals surface area contributed by atoms with Crippen LogP contribution >= 0.6 is 15.9 Å². The SMILES string of the molecule is CCCCc1ccc(N=Cc2cc(C)n(-c3ccc(Br)cc3)c2C)cc1. The van der Waals surface area contributed by atoms with Gasteiger partial charge in [-0.1, -0.05) is 41.4 Å². The average Bonchev–Trinajstić information content (AvgIpc) is 2.93. The number of rotatable bonds is 6. The van der Waals surface area contributed by atoms with Gasteiger partial charge in [0, 0.05) is 33.3 Å². The summed E-state index contributed by atoms with van der Waals surface area (Å²) in [7, 11) is 0. The molecule has 0 saturated carbocycles. The molecular formula is C23H25BrN2. The quantitative estimate of drug-likeness (QED) is 0.392. The van der Waals surface area contributed by atoms with Gasteiger partial charge in [-0.3, -0.25) is 4.99 Å². The number of benzene rings is 2. The standard InChI is InChI=1S/C23H25BrN2/c1-4-5-6-19-7-11-22(12-8-19)25-16-20-15-17(2)26(18(20)3)23-13-9-21(24)10-14-23/h7-16H,4-6H2,1-3H3. The number of aromatic nitrogens is 1. The lowest BCUT2D eigenvalue weighted by molar-refractivity contribution is 0.795. The minimum Gasteiger partial charge on any atom is -0.318 e. The van der Waals surface area contributed by atoms with Crippen molar-refractivity contribution in [3.8, 4) is 5.69 Å². The first-order chi connectivity index (χ1) is 12.6. The van der Waals surface area contributed by atoms with Crippen molar-refractivity contribution in [2.45, 2.75) is 40.0 Å². The highest BCUT2D eigenvalue weighted by Gasteiger charge is 2.09. The van der Waals surface area contributed by atoms with Gasteiger partial charge in [-0.2, -0.15) is 0 Å². The number of aliphatic imine (C=N–C) groups is 1. The van der Waals surface area contributed by atoms with Crippen LogP contribution in [0.2, 0.25) is 0 Å². The highest BCUT2D eigenvalue weighted by Crippen LogP contribution is 2.22. The van der Waals surface area contributed by atoms with Crippen molar-refractivity contribution in [2.75, 3.05) is 0 Å². The Bertz CT molecular complexity index is 887. The molecular weight excluding hydrogens is 384 g/mol. The van der Waals surface area contributed by atoms with Crippen molar-refractivity contribution < 1.29 is 0 Å². The molecule has 0 aliphatic carbocycles. The smallest absolute Gasteiger partial charge is 0.0630 e. The zero-order chi connectivity index (χ0) is 18.5. The second-order valence-corrected chi connectivity index (χ2v) is 7.58. The van der Waals surface area contributed by atoms with Crippen molar-refractivity contribution in [3.05, 3.63) is 81.6 Å². The maximum atomic E-state index is 4.68. The van der Waals surface area contributed by atoms with Crippen molar-refractivity contribution in [1.29, 1.82) is 0 Å². The molecule has 0 radical (unpaired) electrons. The van der Waals surface area contributed by atoms with E-state index >= 15 is 0 Å². The highest BCUT2D eigenvalue weighted by atomic mass is 79.9. The molecule has 26 heavy (non-hydrogen) atoms. The molecule has 0 N–H and O–H groups in total. The molecule has 0 fully saturated rings. The van der Waals surface area contributed by atoms with Crippen LogP contribution in [-0.4, -0.2) is 10.8 Å². The van der Waals surface area contributed by atoms with Gasteiger partial charge in [0.15, 0.2) is 0 Å². The van der Waals surface area contributed by atoms with E-state index in [0.717, 1.165) is 22.1 Å². The van der Waals surface area contributed by atoms with E-state index < -0.39 is 0 Å². The molecule has 134 valence electrons. The van der Waals surface area contributed by atoms with Crippen LogP contribution in [0.4, 0.5) is 5.69 Å². The first-order valence-corrected chi connectivity index (χ1v) is 9.95. The van der Waals surface area contributed by atoms with E-state index in [-0.39, 0.29) is 0 Å². The topological polar surface area (TPSA) is 17.3 Å². The number of aryl methyl sites for hydroxylation is 2. The summed E-state index contributed by atoms with van der Waals surface area (Å²) < 4.78 is 3.36. The zero-order valence-electron chi connectivity index (χ0n) is 15.7. The largest absolute Gasteiger partial charge is 0.318 e. The predicted molar refractivity (Wildman–Crippen MR) is 115 cm³/mol. The molecule has 0 spiro atoms. The van der Waals surface area contributed by atoms with Gasteiger partial charge >= 0.3 is 0 Å². The number of halogens is 1. The lowest BCUT2D eigenvalue weighted by Gasteiger charge is -2.09. The lowest BCUT2D eigenvalue weighted by Crippen LogP contribution is -1.99. The van der Waals surface area contributed by atoms with E-state index in [9.17, 15) is 0 Å². The van der Waals surface area contributed by atoms with Gasteiger partial charge in [-0.15, -0.1) is 0 Å². The van der Waals surface area contributed by atoms with Crippen molar-refractivity contribution in [2.24, 2.45) is 4.99 Å². The Morgan fingerprint density at radius 2 is 1.69 bits per heavy atom. The Labute approximate surface area is 164 Å². The summed E-state index contributed by atoms with van der Waals surface area (Å²) in [4.78, 5) is 4.68. The molecule has 2 aromatic carbocycles. The molecule has 1 heterocycles. The molecule has 3 aromatic rings. The van der Waals surface area contributed by atoms with E-state index in [1.54, 1.807) is 0 Å². The number of hydrogen-bond donors (Lipinski definition) is 0. The van der Waals surface area contributed by atoms with E-state index in [4.69, 9.17) is 0 Å². The maximum absolute atomic E-state index is 4.68. The molecule has 0 aliphatic rings. The van der Waals surface area contributed by atoms with Crippen LogP contribution in [0.15, 0.2) is 64.1 Å². The van der Waals surface area contributed by atoms with Crippen LogP contribution in [-0.2, 0) is 6.42 Å². The van der Waals surface area contributed by atoms with E-state index in [1.165, 1.54) is 35.5 Å². The van der Waals surface area contributed by atoms with Crippen molar-refractivity contribution in [3.63, 3.8) is 0 Å². The van der Waals surface area contributed by atoms with Crippen LogP contribution in [0.1, 0.15) is 42.3 Å². The molecule has 0 bridgehead atoms. The second-order valence-electron chi connectivity index (χ2n) is 6.67. The second kappa shape index (κ2) is 8.50. The van der Waals surface area contributed by atoms with Gasteiger partial charge in [0.1, 0.15) is 0 Å². The summed E-state index contributed by atoms with van der Waals surface area (Å²) in [5.41, 5.74) is 7.12. The van der Waals surface area contributed by atoms with Gasteiger partial charge in [0.25, 0.3) is 0 Å². The molecule has 0 amide bonds. The van der Waals surface area contributed by atoms with E-state index in [0.29, 0.717) is 0 Å². The number of unbranched alkanes of at least 4 members (excludes halogenated alkanes) is 1. The summed E-state index contributed by atoms with van der Waals surface area (Å²) in [5, 5.41) is 0. The normalized spacial score (nSPS) is 11.4. The Balaban J connectivity index is 1.81. The molecule has 0 saturated heterocycles. The summed E-state index contributed by atoms with van der Waals surface area (Å²) >= 11 is 3.50. The van der Waals surface area contributed by atoms with Gasteiger partial charge < -0.3 is 4.57 Å². The minimum atomic E-state index is 0.999. The molecule has 1 aromatic heterocycles. The fraction of sp³-hybridized carbons (Fsp3) is 0.261. The highest BCUT2D eigenvalue weighted by molar-refractivity contribution is 9.10. The third-order valence-electron chi connectivity index (χ3n) is 4.66. The van der Waals surface area contributed by atoms with Crippen LogP contribution in [0, 0.1) is 13.8 Å². The Kier molecular flexibility index (Phi) is 6.10. The minimum absolute atomic E-state index is 0.999. The fourth-order valence-electron chi connectivity index (χ4n) is 3.18. The summed E-state index contributed by atoms with van der Waals surface area (Å²) in [5.74, 6) is 0. The molecule has 2 nitrogen and oxygen atoms in total. The first-order valence-electron chi connectivity index (χ1n) is 9.16. The maximum Gasteiger partial charge on any atom is 0.0630 e. The third kappa shape index (κ3) is 4.34. The number of hydrogen-bond acceptors (Lipinski definition) is 1. The van der Waals surface area contributed by atoms with Crippen LogP contribution in [0.25, 0.3) is 5.69 Å².